The molecule has 0 aliphatic heterocycles. The van der Waals surface area contributed by atoms with Crippen LogP contribution in [0.25, 0.3) is 0 Å². The highest BCUT2D eigenvalue weighted by atomic mass is 32.2. The SMILES string of the molecule is CCN(Cc1ccccn1)CC(C)(O)c1ccc(S(C)(=O)=O)cc1. The molecule has 2 rings (SSSR count). The third-order valence-corrected chi connectivity index (χ3v) is 5.12. The van der Waals surface area contributed by atoms with Crippen LogP contribution in [0.3, 0.4) is 0 Å². The van der Waals surface area contributed by atoms with Gasteiger partial charge in [0.25, 0.3) is 0 Å². The van der Waals surface area contributed by atoms with Gasteiger partial charge < -0.3 is 5.11 Å². The maximum Gasteiger partial charge on any atom is 0.175 e. The highest BCUT2D eigenvalue weighted by Gasteiger charge is 2.26. The summed E-state index contributed by atoms with van der Waals surface area (Å²) in [5.41, 5.74) is 0.554. The Hall–Kier alpha value is -1.76. The van der Waals surface area contributed by atoms with Gasteiger partial charge in [0.1, 0.15) is 0 Å². The number of hydrogen-bond acceptors (Lipinski definition) is 5. The smallest absolute Gasteiger partial charge is 0.175 e. The van der Waals surface area contributed by atoms with E-state index in [0.29, 0.717) is 18.7 Å². The zero-order valence-corrected chi connectivity index (χ0v) is 15.1. The molecule has 0 saturated carbocycles. The summed E-state index contributed by atoms with van der Waals surface area (Å²) >= 11 is 0. The monoisotopic (exact) mass is 348 g/mol. The van der Waals surface area contributed by atoms with E-state index in [4.69, 9.17) is 0 Å². The number of pyridine rings is 1. The van der Waals surface area contributed by atoms with Crippen molar-refractivity contribution in [1.82, 2.24) is 9.88 Å². The van der Waals surface area contributed by atoms with E-state index in [1.165, 1.54) is 18.4 Å². The summed E-state index contributed by atoms with van der Waals surface area (Å²) in [5.74, 6) is 0. The minimum Gasteiger partial charge on any atom is -0.384 e. The largest absolute Gasteiger partial charge is 0.384 e. The Morgan fingerprint density at radius 1 is 1.17 bits per heavy atom. The van der Waals surface area contributed by atoms with Crippen molar-refractivity contribution in [1.29, 1.82) is 0 Å². The maximum atomic E-state index is 11.5. The lowest BCUT2D eigenvalue weighted by molar-refractivity contribution is 0.0145. The second kappa shape index (κ2) is 7.42. The van der Waals surface area contributed by atoms with Gasteiger partial charge in [-0.1, -0.05) is 25.1 Å². The van der Waals surface area contributed by atoms with Crippen molar-refractivity contribution in [3.63, 3.8) is 0 Å². The van der Waals surface area contributed by atoms with E-state index in [1.807, 2.05) is 25.1 Å². The number of aromatic nitrogens is 1. The summed E-state index contributed by atoms with van der Waals surface area (Å²) in [5, 5.41) is 10.8. The van der Waals surface area contributed by atoms with Crippen LogP contribution in [0.4, 0.5) is 0 Å². The van der Waals surface area contributed by atoms with E-state index < -0.39 is 15.4 Å². The van der Waals surface area contributed by atoms with Gasteiger partial charge in [0.05, 0.1) is 16.2 Å². The summed E-state index contributed by atoms with van der Waals surface area (Å²) in [6, 6.07) is 12.2. The van der Waals surface area contributed by atoms with Gasteiger partial charge in [-0.2, -0.15) is 0 Å². The fourth-order valence-electron chi connectivity index (χ4n) is 2.59. The quantitative estimate of drug-likeness (QED) is 0.831. The Morgan fingerprint density at radius 3 is 2.33 bits per heavy atom. The zero-order valence-electron chi connectivity index (χ0n) is 14.3. The second-order valence-electron chi connectivity index (χ2n) is 6.19. The average molecular weight is 348 g/mol. The number of hydrogen-bond donors (Lipinski definition) is 1. The lowest BCUT2D eigenvalue weighted by Crippen LogP contribution is -2.38. The van der Waals surface area contributed by atoms with E-state index in [9.17, 15) is 13.5 Å². The molecule has 2 aromatic rings. The first-order valence-corrected chi connectivity index (χ1v) is 9.77. The third-order valence-electron chi connectivity index (χ3n) is 3.99. The number of likely N-dealkylation sites (N-methyl/N-ethyl adjacent to an activating group) is 1. The fourth-order valence-corrected chi connectivity index (χ4v) is 3.22. The lowest BCUT2D eigenvalue weighted by atomic mass is 9.95. The van der Waals surface area contributed by atoms with E-state index in [1.54, 1.807) is 25.3 Å². The third kappa shape index (κ3) is 4.87. The Kier molecular flexibility index (Phi) is 5.74. The molecule has 24 heavy (non-hydrogen) atoms. The Bertz CT molecular complexity index is 757. The zero-order chi connectivity index (χ0) is 17.8. The first-order valence-electron chi connectivity index (χ1n) is 7.87. The van der Waals surface area contributed by atoms with Crippen LogP contribution in [0.15, 0.2) is 53.6 Å². The molecule has 0 radical (unpaired) electrons. The van der Waals surface area contributed by atoms with Gasteiger partial charge in [-0.15, -0.1) is 0 Å². The number of benzene rings is 1. The van der Waals surface area contributed by atoms with Crippen molar-refractivity contribution in [3.05, 3.63) is 59.9 Å². The van der Waals surface area contributed by atoms with E-state index >= 15 is 0 Å². The van der Waals surface area contributed by atoms with Crippen molar-refractivity contribution in [2.75, 3.05) is 19.3 Å². The predicted molar refractivity (Wildman–Crippen MR) is 94.3 cm³/mol. The molecular weight excluding hydrogens is 324 g/mol. The number of rotatable bonds is 7. The summed E-state index contributed by atoms with van der Waals surface area (Å²) in [6.45, 7) is 5.62. The van der Waals surface area contributed by atoms with Crippen LogP contribution in [-0.4, -0.2) is 42.8 Å². The van der Waals surface area contributed by atoms with Gasteiger partial charge in [-0.3, -0.25) is 9.88 Å². The fraction of sp³-hybridized carbons (Fsp3) is 0.389. The maximum absolute atomic E-state index is 11.5. The minimum absolute atomic E-state index is 0.253. The van der Waals surface area contributed by atoms with Crippen LogP contribution < -0.4 is 0 Å². The van der Waals surface area contributed by atoms with Gasteiger partial charge >= 0.3 is 0 Å². The molecule has 0 fully saturated rings. The highest BCUT2D eigenvalue weighted by Crippen LogP contribution is 2.24. The van der Waals surface area contributed by atoms with E-state index in [0.717, 1.165) is 12.2 Å². The molecule has 130 valence electrons. The molecule has 1 N–H and O–H groups in total. The molecule has 0 bridgehead atoms. The first kappa shape index (κ1) is 18.6. The van der Waals surface area contributed by atoms with Crippen molar-refractivity contribution in [3.8, 4) is 0 Å². The van der Waals surface area contributed by atoms with Crippen LogP contribution in [0.1, 0.15) is 25.1 Å². The van der Waals surface area contributed by atoms with Gasteiger partial charge in [0.2, 0.25) is 0 Å². The Balaban J connectivity index is 2.13. The van der Waals surface area contributed by atoms with Crippen LogP contribution in [0.5, 0.6) is 0 Å². The molecule has 1 heterocycles. The molecule has 0 aliphatic carbocycles. The molecule has 1 aromatic carbocycles. The highest BCUT2D eigenvalue weighted by molar-refractivity contribution is 7.90. The standard InChI is InChI=1S/C18H24N2O3S/c1-4-20(13-16-7-5-6-12-19-16)14-18(2,21)15-8-10-17(11-9-15)24(3,22)23/h5-12,21H,4,13-14H2,1-3H3. The molecular formula is C18H24N2O3S. The van der Waals surface area contributed by atoms with Crippen LogP contribution in [0, 0.1) is 0 Å². The molecule has 1 unspecified atom stereocenters. The average Bonchev–Trinajstić information content (AvgIpc) is 2.54. The van der Waals surface area contributed by atoms with Crippen LogP contribution >= 0.6 is 0 Å². The molecule has 0 spiro atoms. The normalized spacial score (nSPS) is 14.5. The molecule has 1 aromatic heterocycles. The van der Waals surface area contributed by atoms with Crippen molar-refractivity contribution >= 4 is 9.84 Å². The molecule has 0 saturated heterocycles. The lowest BCUT2D eigenvalue weighted by Gasteiger charge is -2.31. The molecule has 5 nitrogen and oxygen atoms in total. The molecule has 0 aliphatic rings. The summed E-state index contributed by atoms with van der Waals surface area (Å²) < 4.78 is 23.1. The van der Waals surface area contributed by atoms with Gasteiger partial charge in [-0.25, -0.2) is 8.42 Å². The minimum atomic E-state index is -3.23. The van der Waals surface area contributed by atoms with Crippen molar-refractivity contribution in [2.45, 2.75) is 30.9 Å². The Morgan fingerprint density at radius 2 is 1.83 bits per heavy atom. The summed E-state index contributed by atoms with van der Waals surface area (Å²) in [7, 11) is -3.23. The van der Waals surface area contributed by atoms with E-state index in [-0.39, 0.29) is 4.90 Å². The summed E-state index contributed by atoms with van der Waals surface area (Å²) in [6.07, 6.45) is 2.93. The molecule has 6 heteroatoms. The van der Waals surface area contributed by atoms with Crippen LogP contribution in [-0.2, 0) is 22.0 Å². The first-order chi connectivity index (χ1) is 11.2. The second-order valence-corrected chi connectivity index (χ2v) is 8.21. The summed E-state index contributed by atoms with van der Waals surface area (Å²) in [4.78, 5) is 6.67. The van der Waals surface area contributed by atoms with Crippen molar-refractivity contribution < 1.29 is 13.5 Å². The van der Waals surface area contributed by atoms with Crippen molar-refractivity contribution in [2.24, 2.45) is 0 Å². The Labute approximate surface area is 143 Å². The predicted octanol–water partition coefficient (Wildman–Crippen LogP) is 2.21. The number of aliphatic hydroxyl groups is 1. The number of nitrogens with zero attached hydrogens (tertiary/aromatic N) is 2. The number of sulfone groups is 1. The van der Waals surface area contributed by atoms with Gasteiger partial charge in [-0.05, 0) is 43.3 Å². The van der Waals surface area contributed by atoms with Gasteiger partial charge in [0, 0.05) is 25.5 Å². The molecule has 1 atom stereocenters. The van der Waals surface area contributed by atoms with Crippen LogP contribution in [0.2, 0.25) is 0 Å². The van der Waals surface area contributed by atoms with E-state index in [2.05, 4.69) is 9.88 Å². The topological polar surface area (TPSA) is 70.5 Å². The molecule has 0 amide bonds. The van der Waals surface area contributed by atoms with Gasteiger partial charge in [0.15, 0.2) is 9.84 Å².